The van der Waals surface area contributed by atoms with E-state index in [1.54, 1.807) is 0 Å². The van der Waals surface area contributed by atoms with Crippen molar-refractivity contribution in [2.45, 2.75) is 24.8 Å². The molecule has 27 heavy (non-hydrogen) atoms. The third-order valence-corrected chi connectivity index (χ3v) is 6.78. The summed E-state index contributed by atoms with van der Waals surface area (Å²) in [6.07, 6.45) is 1.99. The van der Waals surface area contributed by atoms with Crippen molar-refractivity contribution in [3.05, 3.63) is 53.6 Å². The van der Waals surface area contributed by atoms with Gasteiger partial charge in [0.15, 0.2) is 5.82 Å². The van der Waals surface area contributed by atoms with Gasteiger partial charge in [-0.05, 0) is 12.5 Å². The predicted molar refractivity (Wildman–Crippen MR) is 98.2 cm³/mol. The lowest BCUT2D eigenvalue weighted by Crippen LogP contribution is -2.51. The van der Waals surface area contributed by atoms with Gasteiger partial charge in [-0.2, -0.15) is 4.31 Å². The number of sulfonamides is 1. The van der Waals surface area contributed by atoms with E-state index in [1.807, 2.05) is 36.1 Å². The molecule has 3 heterocycles. The third kappa shape index (κ3) is 3.80. The van der Waals surface area contributed by atoms with E-state index in [2.05, 4.69) is 9.97 Å². The number of ether oxygens (including phenoxy) is 1. The molecule has 4 rings (SSSR count). The summed E-state index contributed by atoms with van der Waals surface area (Å²) in [6.45, 7) is 3.56. The Hall–Kier alpha value is -2.10. The summed E-state index contributed by atoms with van der Waals surface area (Å²) in [7, 11) is -3.47. The maximum absolute atomic E-state index is 13.1. The van der Waals surface area contributed by atoms with Gasteiger partial charge in [0.05, 0.1) is 36.9 Å². The van der Waals surface area contributed by atoms with Crippen LogP contribution in [0.4, 0.5) is 10.3 Å². The maximum Gasteiger partial charge on any atom is 0.225 e. The van der Waals surface area contributed by atoms with Crippen molar-refractivity contribution in [2.75, 3.05) is 31.1 Å². The van der Waals surface area contributed by atoms with Crippen LogP contribution in [0, 0.1) is 12.7 Å². The molecule has 1 aromatic carbocycles. The molecule has 0 radical (unpaired) electrons. The molecule has 144 valence electrons. The second kappa shape index (κ2) is 7.14. The van der Waals surface area contributed by atoms with Crippen molar-refractivity contribution in [3.63, 3.8) is 0 Å². The lowest BCUT2D eigenvalue weighted by Gasteiger charge is -2.36. The van der Waals surface area contributed by atoms with E-state index in [0.717, 1.165) is 23.5 Å². The Balaban J connectivity index is 1.51. The van der Waals surface area contributed by atoms with Gasteiger partial charge in [0.1, 0.15) is 0 Å². The Morgan fingerprint density at radius 2 is 1.89 bits per heavy atom. The molecule has 0 amide bonds. The van der Waals surface area contributed by atoms with Crippen LogP contribution in [0.25, 0.3) is 0 Å². The average Bonchev–Trinajstić information content (AvgIpc) is 3.10. The number of morpholine rings is 1. The maximum atomic E-state index is 13.1. The molecule has 2 fully saturated rings. The van der Waals surface area contributed by atoms with Gasteiger partial charge in [-0.1, -0.05) is 29.8 Å². The first-order chi connectivity index (χ1) is 12.9. The van der Waals surface area contributed by atoms with Gasteiger partial charge in [-0.3, -0.25) is 0 Å². The molecule has 0 saturated carbocycles. The van der Waals surface area contributed by atoms with Crippen LogP contribution in [0.5, 0.6) is 0 Å². The van der Waals surface area contributed by atoms with Gasteiger partial charge in [0.25, 0.3) is 0 Å². The van der Waals surface area contributed by atoms with Crippen LogP contribution < -0.4 is 4.90 Å². The van der Waals surface area contributed by atoms with Crippen LogP contribution >= 0.6 is 0 Å². The predicted octanol–water partition coefficient (Wildman–Crippen LogP) is 1.34. The topological polar surface area (TPSA) is 75.6 Å². The molecule has 0 spiro atoms. The number of aryl methyl sites for hydroxylation is 1. The second-order valence-corrected chi connectivity index (χ2v) is 8.90. The van der Waals surface area contributed by atoms with E-state index < -0.39 is 15.8 Å². The molecule has 2 aromatic rings. The number of nitrogens with zero attached hydrogens (tertiary/aromatic N) is 4. The summed E-state index contributed by atoms with van der Waals surface area (Å²) in [5.41, 5.74) is 1.85. The summed E-state index contributed by atoms with van der Waals surface area (Å²) in [4.78, 5) is 10.00. The molecular formula is C18H21FN4O3S. The van der Waals surface area contributed by atoms with Crippen molar-refractivity contribution in [1.82, 2.24) is 14.3 Å². The largest absolute Gasteiger partial charge is 0.373 e. The number of anilines is 1. The molecule has 0 aliphatic carbocycles. The number of rotatable bonds is 4. The normalized spacial score (nSPS) is 23.4. The SMILES string of the molecule is Cc1ccc(CS(=O)(=O)N2C[C@@H]3OCCN(c4ncc(F)cn4)[C@@H]3C2)cc1. The van der Waals surface area contributed by atoms with Gasteiger partial charge in [-0.15, -0.1) is 0 Å². The highest BCUT2D eigenvalue weighted by molar-refractivity contribution is 7.88. The molecule has 0 bridgehead atoms. The Morgan fingerprint density at radius 3 is 2.59 bits per heavy atom. The van der Waals surface area contributed by atoms with E-state index in [9.17, 15) is 12.8 Å². The minimum atomic E-state index is -3.47. The molecule has 2 aliphatic heterocycles. The highest BCUT2D eigenvalue weighted by Gasteiger charge is 2.45. The third-order valence-electron chi connectivity index (χ3n) is 4.99. The highest BCUT2D eigenvalue weighted by atomic mass is 32.2. The summed E-state index contributed by atoms with van der Waals surface area (Å²) in [5.74, 6) is -0.149. The van der Waals surface area contributed by atoms with Crippen molar-refractivity contribution in [3.8, 4) is 0 Å². The van der Waals surface area contributed by atoms with Gasteiger partial charge < -0.3 is 9.64 Å². The molecular weight excluding hydrogens is 371 g/mol. The van der Waals surface area contributed by atoms with Gasteiger partial charge in [-0.25, -0.2) is 22.8 Å². The molecule has 1 aromatic heterocycles. The molecule has 2 aliphatic rings. The lowest BCUT2D eigenvalue weighted by atomic mass is 10.1. The second-order valence-electron chi connectivity index (χ2n) is 6.93. The zero-order chi connectivity index (χ0) is 19.0. The summed E-state index contributed by atoms with van der Waals surface area (Å²) < 4.78 is 46.2. The number of fused-ring (bicyclic) bond motifs is 1. The van der Waals surface area contributed by atoms with Gasteiger partial charge >= 0.3 is 0 Å². The van der Waals surface area contributed by atoms with Crippen LogP contribution in [-0.2, 0) is 20.5 Å². The molecule has 0 unspecified atom stereocenters. The fourth-order valence-electron chi connectivity index (χ4n) is 3.57. The first-order valence-electron chi connectivity index (χ1n) is 8.81. The minimum Gasteiger partial charge on any atom is -0.373 e. The number of benzene rings is 1. The van der Waals surface area contributed by atoms with Crippen molar-refractivity contribution in [2.24, 2.45) is 0 Å². The Kier molecular flexibility index (Phi) is 4.83. The highest BCUT2D eigenvalue weighted by Crippen LogP contribution is 2.28. The van der Waals surface area contributed by atoms with E-state index in [1.165, 1.54) is 4.31 Å². The molecule has 2 atom stereocenters. The van der Waals surface area contributed by atoms with Gasteiger partial charge in [0.2, 0.25) is 16.0 Å². The van der Waals surface area contributed by atoms with Gasteiger partial charge in [0, 0.05) is 19.6 Å². The molecule has 0 N–H and O–H groups in total. The Morgan fingerprint density at radius 1 is 1.19 bits per heavy atom. The fourth-order valence-corrected chi connectivity index (χ4v) is 5.12. The molecule has 2 saturated heterocycles. The summed E-state index contributed by atoms with van der Waals surface area (Å²) in [6, 6.07) is 7.31. The smallest absolute Gasteiger partial charge is 0.225 e. The first kappa shape index (κ1) is 18.3. The van der Waals surface area contributed by atoms with Crippen LogP contribution in [0.15, 0.2) is 36.7 Å². The summed E-state index contributed by atoms with van der Waals surface area (Å²) in [5, 5.41) is 0. The number of aromatic nitrogens is 2. The lowest BCUT2D eigenvalue weighted by molar-refractivity contribution is 0.0325. The quantitative estimate of drug-likeness (QED) is 0.782. The first-order valence-corrected chi connectivity index (χ1v) is 10.4. The average molecular weight is 392 g/mol. The van der Waals surface area contributed by atoms with Crippen molar-refractivity contribution < 1.29 is 17.5 Å². The van der Waals surface area contributed by atoms with E-state index in [0.29, 0.717) is 32.2 Å². The Bertz CT molecular complexity index is 905. The summed E-state index contributed by atoms with van der Waals surface area (Å²) >= 11 is 0. The van der Waals surface area contributed by atoms with Crippen LogP contribution in [-0.4, -0.2) is 61.1 Å². The molecule has 7 nitrogen and oxygen atoms in total. The number of hydrogen-bond acceptors (Lipinski definition) is 6. The van der Waals surface area contributed by atoms with E-state index in [4.69, 9.17) is 4.74 Å². The zero-order valence-corrected chi connectivity index (χ0v) is 15.8. The zero-order valence-electron chi connectivity index (χ0n) is 15.0. The molecule has 9 heteroatoms. The van der Waals surface area contributed by atoms with Crippen molar-refractivity contribution in [1.29, 1.82) is 0 Å². The van der Waals surface area contributed by atoms with Crippen LogP contribution in [0.3, 0.4) is 0 Å². The number of halogens is 1. The van der Waals surface area contributed by atoms with Crippen LogP contribution in [0.1, 0.15) is 11.1 Å². The standard InChI is InChI=1S/C18H21FN4O3S/c1-13-2-4-14(5-3-13)12-27(24,25)22-10-16-17(11-22)26-7-6-23(16)18-20-8-15(19)9-21-18/h2-5,8-9,16-17H,6-7,10-12H2,1H3/t16-,17+/m1/s1. The monoisotopic (exact) mass is 392 g/mol. The fraction of sp³-hybridized carbons (Fsp3) is 0.444. The minimum absolute atomic E-state index is 0.0419. The Labute approximate surface area is 157 Å². The van der Waals surface area contributed by atoms with Crippen LogP contribution in [0.2, 0.25) is 0 Å². The van der Waals surface area contributed by atoms with E-state index in [-0.39, 0.29) is 17.9 Å². The van der Waals surface area contributed by atoms with E-state index >= 15 is 0 Å². The number of hydrogen-bond donors (Lipinski definition) is 0. The van der Waals surface area contributed by atoms with Crippen molar-refractivity contribution >= 4 is 16.0 Å².